The van der Waals surface area contributed by atoms with Crippen molar-refractivity contribution in [3.05, 3.63) is 21.9 Å². The monoisotopic (exact) mass is 241 g/mol. The molecule has 1 N–H and O–H groups in total. The van der Waals surface area contributed by atoms with Crippen LogP contribution in [-0.2, 0) is 4.74 Å². The van der Waals surface area contributed by atoms with Crippen LogP contribution in [0, 0.1) is 6.92 Å². The summed E-state index contributed by atoms with van der Waals surface area (Å²) in [5.74, 6) is 0.0421. The first-order chi connectivity index (χ1) is 7.72. The van der Waals surface area contributed by atoms with E-state index in [1.165, 1.54) is 11.3 Å². The highest BCUT2D eigenvalue weighted by Gasteiger charge is 2.25. The molecule has 0 aromatic carbocycles. The third-order valence-corrected chi connectivity index (χ3v) is 3.58. The highest BCUT2D eigenvalue weighted by atomic mass is 32.1. The van der Waals surface area contributed by atoms with E-state index in [4.69, 9.17) is 9.84 Å². The van der Waals surface area contributed by atoms with E-state index in [1.54, 1.807) is 4.90 Å². The Balaban J connectivity index is 2.07. The molecule has 1 unspecified atom stereocenters. The lowest BCUT2D eigenvalue weighted by Crippen LogP contribution is -2.46. The molecule has 1 aromatic rings. The van der Waals surface area contributed by atoms with Crippen molar-refractivity contribution in [2.24, 2.45) is 0 Å². The van der Waals surface area contributed by atoms with Gasteiger partial charge in [0.05, 0.1) is 24.9 Å². The summed E-state index contributed by atoms with van der Waals surface area (Å²) < 4.78 is 5.31. The van der Waals surface area contributed by atoms with Crippen LogP contribution in [0.25, 0.3) is 0 Å². The van der Waals surface area contributed by atoms with Gasteiger partial charge in [0.2, 0.25) is 0 Å². The minimum absolute atomic E-state index is 0.0353. The molecule has 4 nitrogen and oxygen atoms in total. The van der Waals surface area contributed by atoms with Gasteiger partial charge in [-0.1, -0.05) is 0 Å². The quantitative estimate of drug-likeness (QED) is 0.836. The fraction of sp³-hybridized carbons (Fsp3) is 0.545. The van der Waals surface area contributed by atoms with Crippen LogP contribution in [0.4, 0.5) is 0 Å². The fourth-order valence-corrected chi connectivity index (χ4v) is 2.59. The molecule has 0 aliphatic carbocycles. The van der Waals surface area contributed by atoms with Crippen LogP contribution in [0.5, 0.6) is 0 Å². The molecular formula is C11H15NO3S. The molecule has 16 heavy (non-hydrogen) atoms. The van der Waals surface area contributed by atoms with Gasteiger partial charge in [0.1, 0.15) is 0 Å². The average Bonchev–Trinajstić information content (AvgIpc) is 2.74. The van der Waals surface area contributed by atoms with Gasteiger partial charge < -0.3 is 14.7 Å². The van der Waals surface area contributed by atoms with E-state index < -0.39 is 0 Å². The molecule has 0 bridgehead atoms. The Morgan fingerprint density at radius 2 is 2.50 bits per heavy atom. The topological polar surface area (TPSA) is 49.8 Å². The highest BCUT2D eigenvalue weighted by Crippen LogP contribution is 2.17. The molecule has 1 saturated heterocycles. The van der Waals surface area contributed by atoms with Crippen molar-refractivity contribution in [1.29, 1.82) is 0 Å². The molecule has 1 fully saturated rings. The molecule has 1 aliphatic heterocycles. The van der Waals surface area contributed by atoms with Gasteiger partial charge in [0, 0.05) is 18.5 Å². The van der Waals surface area contributed by atoms with Gasteiger partial charge in [0.25, 0.3) is 5.91 Å². The van der Waals surface area contributed by atoms with Crippen LogP contribution in [0.15, 0.2) is 10.8 Å². The van der Waals surface area contributed by atoms with Gasteiger partial charge in [-0.3, -0.25) is 4.79 Å². The summed E-state index contributed by atoms with van der Waals surface area (Å²) in [6.45, 7) is 3.48. The van der Waals surface area contributed by atoms with Crippen LogP contribution in [0.2, 0.25) is 0 Å². The Morgan fingerprint density at radius 1 is 1.69 bits per heavy atom. The van der Waals surface area contributed by atoms with Crippen LogP contribution < -0.4 is 0 Å². The van der Waals surface area contributed by atoms with Crippen molar-refractivity contribution >= 4 is 17.2 Å². The van der Waals surface area contributed by atoms with Gasteiger partial charge >= 0.3 is 0 Å². The van der Waals surface area contributed by atoms with Crippen LogP contribution >= 0.6 is 11.3 Å². The number of aliphatic hydroxyl groups is 1. The zero-order valence-electron chi connectivity index (χ0n) is 9.18. The van der Waals surface area contributed by atoms with Crippen molar-refractivity contribution in [2.45, 2.75) is 13.0 Å². The van der Waals surface area contributed by atoms with E-state index in [0.29, 0.717) is 19.7 Å². The highest BCUT2D eigenvalue weighted by molar-refractivity contribution is 7.08. The van der Waals surface area contributed by atoms with Gasteiger partial charge in [-0.25, -0.2) is 0 Å². The van der Waals surface area contributed by atoms with Crippen LogP contribution in [0.3, 0.4) is 0 Å². The number of aryl methyl sites for hydroxylation is 1. The van der Waals surface area contributed by atoms with Gasteiger partial charge in [0.15, 0.2) is 0 Å². The minimum Gasteiger partial charge on any atom is -0.394 e. The Bertz CT molecular complexity index is 377. The largest absolute Gasteiger partial charge is 0.394 e. The molecule has 2 heterocycles. The number of hydrogen-bond acceptors (Lipinski definition) is 4. The number of aliphatic hydroxyl groups excluding tert-OH is 1. The number of ether oxygens (including phenoxy) is 1. The van der Waals surface area contributed by atoms with E-state index in [9.17, 15) is 4.79 Å². The number of amides is 1. The maximum absolute atomic E-state index is 12.1. The van der Waals surface area contributed by atoms with Crippen molar-refractivity contribution in [1.82, 2.24) is 4.90 Å². The average molecular weight is 241 g/mol. The predicted octanol–water partition coefficient (Wildman–Crippen LogP) is 0.890. The third kappa shape index (κ3) is 2.26. The molecule has 1 aromatic heterocycles. The molecule has 0 saturated carbocycles. The Kier molecular flexibility index (Phi) is 3.58. The summed E-state index contributed by atoms with van der Waals surface area (Å²) in [7, 11) is 0. The minimum atomic E-state index is -0.239. The second kappa shape index (κ2) is 4.95. The summed E-state index contributed by atoms with van der Waals surface area (Å²) in [4.78, 5) is 13.9. The number of carbonyl (C=O) groups excluding carboxylic acids is 1. The molecule has 1 aliphatic rings. The van der Waals surface area contributed by atoms with Crippen LogP contribution in [0.1, 0.15) is 15.9 Å². The van der Waals surface area contributed by atoms with E-state index >= 15 is 0 Å². The molecule has 1 amide bonds. The Hall–Kier alpha value is -0.910. The predicted molar refractivity (Wildman–Crippen MR) is 61.8 cm³/mol. The second-order valence-corrected chi connectivity index (χ2v) is 4.64. The van der Waals surface area contributed by atoms with E-state index in [1.807, 2.05) is 17.7 Å². The zero-order chi connectivity index (χ0) is 11.5. The fourth-order valence-electron chi connectivity index (χ4n) is 1.76. The molecule has 1 atom stereocenters. The number of carbonyl (C=O) groups is 1. The first kappa shape index (κ1) is 11.6. The lowest BCUT2D eigenvalue weighted by atomic mass is 10.2. The van der Waals surface area contributed by atoms with E-state index in [-0.39, 0.29) is 18.6 Å². The first-order valence-corrected chi connectivity index (χ1v) is 6.21. The summed E-state index contributed by atoms with van der Waals surface area (Å²) in [6.07, 6.45) is -0.239. The lowest BCUT2D eigenvalue weighted by molar-refractivity contribution is -0.0447. The van der Waals surface area contributed by atoms with Crippen molar-refractivity contribution in [3.8, 4) is 0 Å². The van der Waals surface area contributed by atoms with Crippen LogP contribution in [-0.4, -0.2) is 48.3 Å². The molecule has 5 heteroatoms. The van der Waals surface area contributed by atoms with Gasteiger partial charge in [-0.15, -0.1) is 0 Å². The summed E-state index contributed by atoms with van der Waals surface area (Å²) in [6, 6.07) is 0. The first-order valence-electron chi connectivity index (χ1n) is 5.27. The van der Waals surface area contributed by atoms with Gasteiger partial charge in [-0.2, -0.15) is 11.3 Å². The maximum atomic E-state index is 12.1. The van der Waals surface area contributed by atoms with E-state index in [2.05, 4.69) is 0 Å². The molecular weight excluding hydrogens is 226 g/mol. The van der Waals surface area contributed by atoms with Crippen molar-refractivity contribution in [2.75, 3.05) is 26.3 Å². The second-order valence-electron chi connectivity index (χ2n) is 3.90. The number of thiophene rings is 1. The number of nitrogens with zero attached hydrogens (tertiary/aromatic N) is 1. The number of hydrogen-bond donors (Lipinski definition) is 1. The maximum Gasteiger partial charge on any atom is 0.255 e. The normalized spacial score (nSPS) is 21.1. The molecule has 2 rings (SSSR count). The van der Waals surface area contributed by atoms with E-state index in [0.717, 1.165) is 11.1 Å². The molecule has 0 spiro atoms. The Morgan fingerprint density at radius 3 is 3.12 bits per heavy atom. The SMILES string of the molecule is Cc1cscc1C(=O)N1CCOC(CO)C1. The number of morpholine rings is 1. The smallest absolute Gasteiger partial charge is 0.255 e. The Labute approximate surface area is 98.4 Å². The molecule has 0 radical (unpaired) electrons. The third-order valence-electron chi connectivity index (χ3n) is 2.72. The molecule has 88 valence electrons. The number of rotatable bonds is 2. The van der Waals surface area contributed by atoms with Crippen molar-refractivity contribution in [3.63, 3.8) is 0 Å². The van der Waals surface area contributed by atoms with Crippen molar-refractivity contribution < 1.29 is 14.6 Å². The summed E-state index contributed by atoms with van der Waals surface area (Å²) >= 11 is 1.54. The standard InChI is InChI=1S/C11H15NO3S/c1-8-6-16-7-10(8)11(14)12-2-3-15-9(4-12)5-13/h6-7,9,13H,2-5H2,1H3. The summed E-state index contributed by atoms with van der Waals surface area (Å²) in [5, 5.41) is 12.9. The summed E-state index contributed by atoms with van der Waals surface area (Å²) in [5.41, 5.74) is 1.78. The van der Waals surface area contributed by atoms with Gasteiger partial charge in [-0.05, 0) is 17.9 Å². The lowest BCUT2D eigenvalue weighted by Gasteiger charge is -2.32. The zero-order valence-corrected chi connectivity index (χ0v) is 10.00.